The van der Waals surface area contributed by atoms with Crippen LogP contribution in [0.4, 0.5) is 8.78 Å². The fourth-order valence-corrected chi connectivity index (χ4v) is 1.90. The number of likely N-dealkylation sites (N-methyl/N-ethyl adjacent to an activating group) is 1. The van der Waals surface area contributed by atoms with Crippen LogP contribution in [-0.4, -0.2) is 55.5 Å². The van der Waals surface area contributed by atoms with E-state index in [-0.39, 0.29) is 29.8 Å². The number of ether oxygens (including phenoxy) is 2. The zero-order valence-electron chi connectivity index (χ0n) is 13.5. The Hall–Kier alpha value is -2.71. The van der Waals surface area contributed by atoms with Crippen molar-refractivity contribution in [3.8, 4) is 5.75 Å². The summed E-state index contributed by atoms with van der Waals surface area (Å²) in [7, 11) is 1.43. The second kappa shape index (κ2) is 8.41. The smallest absolute Gasteiger partial charge is 0.387 e. The predicted molar refractivity (Wildman–Crippen MR) is 82.2 cm³/mol. The third-order valence-electron chi connectivity index (χ3n) is 3.39. The first-order chi connectivity index (χ1) is 11.8. The highest BCUT2D eigenvalue weighted by atomic mass is 19.3. The van der Waals surface area contributed by atoms with Gasteiger partial charge >= 0.3 is 12.6 Å². The van der Waals surface area contributed by atoms with Gasteiger partial charge in [0, 0.05) is 13.1 Å². The van der Waals surface area contributed by atoms with Crippen LogP contribution in [0.15, 0.2) is 24.3 Å². The molecule has 0 heterocycles. The average Bonchev–Trinajstić information content (AvgIpc) is 3.36. The number of carbonyl (C=O) groups excluding carboxylic acids is 3. The molecule has 1 aromatic carbocycles. The number of nitrogens with one attached hydrogen (secondary N) is 1. The summed E-state index contributed by atoms with van der Waals surface area (Å²) in [6.45, 7) is -3.60. The molecule has 136 valence electrons. The van der Waals surface area contributed by atoms with Crippen molar-refractivity contribution in [1.29, 1.82) is 0 Å². The minimum Gasteiger partial charge on any atom is -0.452 e. The van der Waals surface area contributed by atoms with Gasteiger partial charge < -0.3 is 19.7 Å². The third kappa shape index (κ3) is 6.36. The lowest BCUT2D eigenvalue weighted by molar-refractivity contribution is -0.137. The van der Waals surface area contributed by atoms with Crippen molar-refractivity contribution in [3.05, 3.63) is 29.8 Å². The number of nitrogens with zero attached hydrogens (tertiary/aromatic N) is 1. The van der Waals surface area contributed by atoms with Crippen molar-refractivity contribution in [2.45, 2.75) is 25.5 Å². The van der Waals surface area contributed by atoms with Crippen LogP contribution < -0.4 is 10.1 Å². The Morgan fingerprint density at radius 2 is 1.88 bits per heavy atom. The van der Waals surface area contributed by atoms with Gasteiger partial charge in [0.2, 0.25) is 5.91 Å². The van der Waals surface area contributed by atoms with Crippen molar-refractivity contribution in [1.82, 2.24) is 10.2 Å². The van der Waals surface area contributed by atoms with E-state index >= 15 is 0 Å². The number of halogens is 2. The molecule has 9 heteroatoms. The second-order valence-electron chi connectivity index (χ2n) is 5.57. The molecule has 2 amide bonds. The van der Waals surface area contributed by atoms with Crippen LogP contribution in [0.5, 0.6) is 5.75 Å². The van der Waals surface area contributed by atoms with Gasteiger partial charge in [-0.2, -0.15) is 8.78 Å². The standard InChI is InChI=1S/C16H18F2N2O5/c1-20(8-13(21)19-11-4-5-11)14(22)9-24-15(23)10-2-6-12(7-3-10)25-16(17)18/h2-3,6-7,11,16H,4-5,8-9H2,1H3,(H,19,21). The Morgan fingerprint density at radius 3 is 2.44 bits per heavy atom. The van der Waals surface area contributed by atoms with Gasteiger partial charge in [-0.25, -0.2) is 4.79 Å². The molecule has 0 aliphatic heterocycles. The number of hydrogen-bond donors (Lipinski definition) is 1. The van der Waals surface area contributed by atoms with Gasteiger partial charge in [0.25, 0.3) is 5.91 Å². The van der Waals surface area contributed by atoms with Crippen molar-refractivity contribution < 1.29 is 32.6 Å². The molecule has 0 radical (unpaired) electrons. The van der Waals surface area contributed by atoms with Gasteiger partial charge in [0.15, 0.2) is 6.61 Å². The normalized spacial score (nSPS) is 13.3. The second-order valence-corrected chi connectivity index (χ2v) is 5.57. The quantitative estimate of drug-likeness (QED) is 0.707. The van der Waals surface area contributed by atoms with E-state index in [2.05, 4.69) is 10.1 Å². The molecule has 2 rings (SSSR count). The monoisotopic (exact) mass is 356 g/mol. The van der Waals surface area contributed by atoms with E-state index in [9.17, 15) is 23.2 Å². The maximum Gasteiger partial charge on any atom is 0.387 e. The zero-order valence-corrected chi connectivity index (χ0v) is 13.5. The summed E-state index contributed by atoms with van der Waals surface area (Å²) in [5, 5.41) is 2.74. The molecule has 1 aliphatic carbocycles. The highest BCUT2D eigenvalue weighted by Crippen LogP contribution is 2.18. The number of esters is 1. The molecule has 0 spiro atoms. The summed E-state index contributed by atoms with van der Waals surface area (Å²) in [5.41, 5.74) is 0.0866. The largest absolute Gasteiger partial charge is 0.452 e. The van der Waals surface area contributed by atoms with Gasteiger partial charge in [-0.1, -0.05) is 0 Å². The van der Waals surface area contributed by atoms with Crippen LogP contribution in [0.25, 0.3) is 0 Å². The van der Waals surface area contributed by atoms with Crippen LogP contribution in [0, 0.1) is 0 Å². The molecule has 0 saturated heterocycles. The highest BCUT2D eigenvalue weighted by Gasteiger charge is 2.24. The highest BCUT2D eigenvalue weighted by molar-refractivity contribution is 5.92. The summed E-state index contributed by atoms with van der Waals surface area (Å²) < 4.78 is 33.1. The Kier molecular flexibility index (Phi) is 6.26. The number of benzene rings is 1. The third-order valence-corrected chi connectivity index (χ3v) is 3.39. The molecule has 0 aromatic heterocycles. The summed E-state index contributed by atoms with van der Waals surface area (Å²) in [6.07, 6.45) is 1.89. The molecule has 0 unspecified atom stereocenters. The van der Waals surface area contributed by atoms with Crippen LogP contribution in [0.2, 0.25) is 0 Å². The van der Waals surface area contributed by atoms with E-state index in [0.717, 1.165) is 17.7 Å². The number of carbonyl (C=O) groups is 3. The van der Waals surface area contributed by atoms with E-state index in [1.807, 2.05) is 0 Å². The van der Waals surface area contributed by atoms with Crippen LogP contribution >= 0.6 is 0 Å². The van der Waals surface area contributed by atoms with Gasteiger partial charge in [0.05, 0.1) is 12.1 Å². The molecule has 7 nitrogen and oxygen atoms in total. The molecular weight excluding hydrogens is 338 g/mol. The van der Waals surface area contributed by atoms with Gasteiger partial charge in [-0.15, -0.1) is 0 Å². The van der Waals surface area contributed by atoms with E-state index in [0.29, 0.717) is 0 Å². The van der Waals surface area contributed by atoms with Crippen LogP contribution in [0.1, 0.15) is 23.2 Å². The van der Waals surface area contributed by atoms with E-state index in [1.165, 1.54) is 31.3 Å². The zero-order chi connectivity index (χ0) is 18.4. The Balaban J connectivity index is 1.75. The summed E-state index contributed by atoms with van der Waals surface area (Å²) in [6, 6.07) is 5.08. The van der Waals surface area contributed by atoms with E-state index < -0.39 is 25.1 Å². The lowest BCUT2D eigenvalue weighted by atomic mass is 10.2. The maximum atomic E-state index is 12.0. The number of rotatable bonds is 8. The van der Waals surface area contributed by atoms with E-state index in [1.54, 1.807) is 0 Å². The van der Waals surface area contributed by atoms with Crippen molar-refractivity contribution in [3.63, 3.8) is 0 Å². The van der Waals surface area contributed by atoms with Crippen molar-refractivity contribution in [2.75, 3.05) is 20.2 Å². The van der Waals surface area contributed by atoms with Crippen molar-refractivity contribution in [2.24, 2.45) is 0 Å². The molecule has 0 bridgehead atoms. The summed E-state index contributed by atoms with van der Waals surface area (Å²) >= 11 is 0. The predicted octanol–water partition coefficient (Wildman–Crippen LogP) is 1.18. The summed E-state index contributed by atoms with van der Waals surface area (Å²) in [5.74, 6) is -1.67. The average molecular weight is 356 g/mol. The number of alkyl halides is 2. The van der Waals surface area contributed by atoms with Crippen molar-refractivity contribution >= 4 is 17.8 Å². The first-order valence-electron chi connectivity index (χ1n) is 7.60. The molecule has 1 N–H and O–H groups in total. The van der Waals surface area contributed by atoms with Crippen LogP contribution in [-0.2, 0) is 14.3 Å². The SMILES string of the molecule is CN(CC(=O)NC1CC1)C(=O)COC(=O)c1ccc(OC(F)F)cc1. The fourth-order valence-electron chi connectivity index (χ4n) is 1.90. The molecule has 25 heavy (non-hydrogen) atoms. The van der Waals surface area contributed by atoms with Gasteiger partial charge in [0.1, 0.15) is 5.75 Å². The molecule has 1 saturated carbocycles. The minimum atomic E-state index is -2.96. The lowest BCUT2D eigenvalue weighted by Crippen LogP contribution is -2.40. The first-order valence-corrected chi connectivity index (χ1v) is 7.60. The van der Waals surface area contributed by atoms with Gasteiger partial charge in [-0.05, 0) is 37.1 Å². The molecule has 1 fully saturated rings. The number of hydrogen-bond acceptors (Lipinski definition) is 5. The topological polar surface area (TPSA) is 84.9 Å². The Labute approximate surface area is 142 Å². The molecule has 0 atom stereocenters. The molecular formula is C16H18F2N2O5. The fraction of sp³-hybridized carbons (Fsp3) is 0.438. The first kappa shape index (κ1) is 18.6. The lowest BCUT2D eigenvalue weighted by Gasteiger charge is -2.16. The van der Waals surface area contributed by atoms with Gasteiger partial charge in [-0.3, -0.25) is 9.59 Å². The minimum absolute atomic E-state index is 0.0866. The van der Waals surface area contributed by atoms with E-state index in [4.69, 9.17) is 4.74 Å². The Morgan fingerprint density at radius 1 is 1.24 bits per heavy atom. The Bertz CT molecular complexity index is 632. The van der Waals surface area contributed by atoms with Crippen LogP contribution in [0.3, 0.4) is 0 Å². The molecule has 1 aliphatic rings. The summed E-state index contributed by atoms with van der Waals surface area (Å²) in [4.78, 5) is 36.4. The molecule has 1 aromatic rings. The maximum absolute atomic E-state index is 12.0. The number of amides is 2.